The molecule has 0 aromatic carbocycles. The van der Waals surface area contributed by atoms with E-state index < -0.39 is 11.6 Å². The van der Waals surface area contributed by atoms with Gasteiger partial charge < -0.3 is 9.47 Å². The molecular weight excluding hydrogens is 160 g/mol. The van der Waals surface area contributed by atoms with Crippen molar-refractivity contribution < 1.29 is 19.1 Å². The first-order chi connectivity index (χ1) is 5.71. The molecule has 66 valence electrons. The zero-order valence-corrected chi connectivity index (χ0v) is 6.83. The smallest absolute Gasteiger partial charge is 0.348 e. The van der Waals surface area contributed by atoms with Gasteiger partial charge in [0.2, 0.25) is 5.60 Å². The van der Waals surface area contributed by atoms with Gasteiger partial charge in [0.1, 0.15) is 6.10 Å². The van der Waals surface area contributed by atoms with Gasteiger partial charge >= 0.3 is 5.97 Å². The lowest BCUT2D eigenvalue weighted by atomic mass is 9.88. The quantitative estimate of drug-likeness (QED) is 0.317. The van der Waals surface area contributed by atoms with Crippen molar-refractivity contribution in [2.45, 2.75) is 31.0 Å². The summed E-state index contributed by atoms with van der Waals surface area (Å²) in [5.41, 5.74) is -1.19. The monoisotopic (exact) mass is 170 g/mol. The SMILES string of the molecule is COC(=O)[C@]12O[C@H]1CCCC2=O. The number of methoxy groups -OCH3 is 1. The Labute approximate surface area is 69.8 Å². The molecule has 1 saturated carbocycles. The van der Waals surface area contributed by atoms with Crippen molar-refractivity contribution in [1.29, 1.82) is 0 Å². The van der Waals surface area contributed by atoms with Crippen LogP contribution in [0.15, 0.2) is 0 Å². The highest BCUT2D eigenvalue weighted by molar-refractivity contribution is 6.11. The highest BCUT2D eigenvalue weighted by Crippen LogP contribution is 2.46. The van der Waals surface area contributed by atoms with Gasteiger partial charge in [0.25, 0.3) is 0 Å². The zero-order chi connectivity index (χ0) is 8.77. The van der Waals surface area contributed by atoms with E-state index in [2.05, 4.69) is 4.74 Å². The highest BCUT2D eigenvalue weighted by Gasteiger charge is 2.69. The number of hydrogen-bond donors (Lipinski definition) is 0. The lowest BCUT2D eigenvalue weighted by Gasteiger charge is -2.12. The predicted molar refractivity (Wildman–Crippen MR) is 38.5 cm³/mol. The molecule has 0 aromatic rings. The maximum atomic E-state index is 11.3. The van der Waals surface area contributed by atoms with Crippen molar-refractivity contribution in [3.63, 3.8) is 0 Å². The molecule has 1 aliphatic carbocycles. The summed E-state index contributed by atoms with van der Waals surface area (Å²) in [6.07, 6.45) is 1.85. The molecule has 0 radical (unpaired) electrons. The second kappa shape index (κ2) is 2.29. The molecule has 1 aliphatic heterocycles. The number of rotatable bonds is 1. The Kier molecular flexibility index (Phi) is 1.48. The van der Waals surface area contributed by atoms with E-state index in [1.807, 2.05) is 0 Å². The van der Waals surface area contributed by atoms with Crippen LogP contribution in [0.2, 0.25) is 0 Å². The average molecular weight is 170 g/mol. The van der Waals surface area contributed by atoms with Gasteiger partial charge in [-0.05, 0) is 12.8 Å². The van der Waals surface area contributed by atoms with E-state index in [1.165, 1.54) is 7.11 Å². The first-order valence-corrected chi connectivity index (χ1v) is 4.01. The summed E-state index contributed by atoms with van der Waals surface area (Å²) in [5.74, 6) is -0.650. The van der Waals surface area contributed by atoms with Crippen LogP contribution >= 0.6 is 0 Å². The van der Waals surface area contributed by atoms with E-state index in [4.69, 9.17) is 4.74 Å². The number of carbonyl (C=O) groups excluding carboxylic acids is 2. The van der Waals surface area contributed by atoms with E-state index in [0.29, 0.717) is 6.42 Å². The molecule has 0 N–H and O–H groups in total. The molecule has 4 heteroatoms. The Morgan fingerprint density at radius 3 is 3.08 bits per heavy atom. The van der Waals surface area contributed by atoms with Crippen LogP contribution in [0.5, 0.6) is 0 Å². The molecule has 2 atom stereocenters. The maximum absolute atomic E-state index is 11.3. The van der Waals surface area contributed by atoms with Crippen LogP contribution in [0.4, 0.5) is 0 Å². The van der Waals surface area contributed by atoms with E-state index in [-0.39, 0.29) is 11.9 Å². The van der Waals surface area contributed by atoms with Gasteiger partial charge in [-0.3, -0.25) is 4.79 Å². The van der Waals surface area contributed by atoms with E-state index in [1.54, 1.807) is 0 Å². The van der Waals surface area contributed by atoms with Gasteiger partial charge in [-0.25, -0.2) is 4.79 Å². The number of carbonyl (C=O) groups is 2. The van der Waals surface area contributed by atoms with Crippen molar-refractivity contribution in [3.05, 3.63) is 0 Å². The number of hydrogen-bond acceptors (Lipinski definition) is 4. The largest absolute Gasteiger partial charge is 0.466 e. The van der Waals surface area contributed by atoms with Crippen LogP contribution in [0.25, 0.3) is 0 Å². The minimum atomic E-state index is -1.19. The second-order valence-corrected chi connectivity index (χ2v) is 3.15. The fourth-order valence-electron chi connectivity index (χ4n) is 1.78. The van der Waals surface area contributed by atoms with Crippen LogP contribution in [0.3, 0.4) is 0 Å². The van der Waals surface area contributed by atoms with Crippen LogP contribution in [0, 0.1) is 0 Å². The Morgan fingerprint density at radius 1 is 1.75 bits per heavy atom. The number of fused-ring (bicyclic) bond motifs is 1. The normalized spacial score (nSPS) is 38.8. The topological polar surface area (TPSA) is 55.9 Å². The fraction of sp³-hybridized carbons (Fsp3) is 0.750. The van der Waals surface area contributed by atoms with E-state index in [0.717, 1.165) is 12.8 Å². The van der Waals surface area contributed by atoms with E-state index >= 15 is 0 Å². The number of epoxide rings is 1. The molecule has 0 unspecified atom stereocenters. The van der Waals surface area contributed by atoms with Crippen molar-refractivity contribution in [2.75, 3.05) is 7.11 Å². The van der Waals surface area contributed by atoms with Crippen molar-refractivity contribution in [1.82, 2.24) is 0 Å². The summed E-state index contributed by atoms with van der Waals surface area (Å²) in [6.45, 7) is 0. The van der Waals surface area contributed by atoms with Crippen LogP contribution in [-0.4, -0.2) is 30.6 Å². The average Bonchev–Trinajstić information content (AvgIpc) is 2.80. The highest BCUT2D eigenvalue weighted by atomic mass is 16.7. The minimum Gasteiger partial charge on any atom is -0.466 e. The number of esters is 1. The molecule has 0 spiro atoms. The fourth-order valence-corrected chi connectivity index (χ4v) is 1.78. The molecule has 0 aromatic heterocycles. The first kappa shape index (κ1) is 7.73. The minimum absolute atomic E-state index is 0.120. The Hall–Kier alpha value is -0.900. The molecule has 1 saturated heterocycles. The third-order valence-corrected chi connectivity index (χ3v) is 2.50. The van der Waals surface area contributed by atoms with Gasteiger partial charge in [0.15, 0.2) is 5.78 Å². The molecule has 4 nitrogen and oxygen atoms in total. The molecule has 2 aliphatic rings. The summed E-state index contributed by atoms with van der Waals surface area (Å²) in [6, 6.07) is 0. The second-order valence-electron chi connectivity index (χ2n) is 3.15. The molecule has 0 bridgehead atoms. The number of ether oxygens (including phenoxy) is 2. The van der Waals surface area contributed by atoms with Crippen molar-refractivity contribution in [2.24, 2.45) is 0 Å². The third kappa shape index (κ3) is 0.756. The van der Waals surface area contributed by atoms with Gasteiger partial charge in [-0.15, -0.1) is 0 Å². The third-order valence-electron chi connectivity index (χ3n) is 2.50. The van der Waals surface area contributed by atoms with Gasteiger partial charge in [0.05, 0.1) is 7.11 Å². The van der Waals surface area contributed by atoms with E-state index in [9.17, 15) is 9.59 Å². The lowest BCUT2D eigenvalue weighted by Crippen LogP contribution is -2.39. The van der Waals surface area contributed by atoms with Crippen molar-refractivity contribution >= 4 is 11.8 Å². The predicted octanol–water partition coefficient (Wildman–Crippen LogP) is 0.0500. The summed E-state index contributed by atoms with van der Waals surface area (Å²) in [7, 11) is 1.28. The summed E-state index contributed by atoms with van der Waals surface area (Å²) >= 11 is 0. The Bertz CT molecular complexity index is 237. The summed E-state index contributed by atoms with van der Waals surface area (Å²) < 4.78 is 9.63. The zero-order valence-electron chi connectivity index (χ0n) is 6.83. The van der Waals surface area contributed by atoms with Crippen LogP contribution < -0.4 is 0 Å². The Balaban J connectivity index is 2.21. The Morgan fingerprint density at radius 2 is 2.50 bits per heavy atom. The van der Waals surface area contributed by atoms with Crippen LogP contribution in [-0.2, 0) is 19.1 Å². The molecular formula is C8H10O4. The van der Waals surface area contributed by atoms with Gasteiger partial charge in [-0.1, -0.05) is 0 Å². The summed E-state index contributed by atoms with van der Waals surface area (Å²) in [4.78, 5) is 22.5. The number of ketones is 1. The van der Waals surface area contributed by atoms with Gasteiger partial charge in [0, 0.05) is 6.42 Å². The molecule has 1 heterocycles. The van der Waals surface area contributed by atoms with Gasteiger partial charge in [-0.2, -0.15) is 0 Å². The molecule has 2 fully saturated rings. The van der Waals surface area contributed by atoms with Crippen LogP contribution in [0.1, 0.15) is 19.3 Å². The molecule has 12 heavy (non-hydrogen) atoms. The maximum Gasteiger partial charge on any atom is 0.348 e. The standard InChI is InChI=1S/C8H10O4/c1-11-7(10)8-5(9)3-2-4-6(8)12-8/h6H,2-4H2,1H3/t6-,8+/m0/s1. The summed E-state index contributed by atoms with van der Waals surface area (Å²) in [5, 5.41) is 0. The number of Topliss-reactive ketones (excluding diaryl/α,β-unsaturated/α-hetero) is 1. The molecule has 0 amide bonds. The molecule has 2 rings (SSSR count). The first-order valence-electron chi connectivity index (χ1n) is 4.01. The van der Waals surface area contributed by atoms with Crippen molar-refractivity contribution in [3.8, 4) is 0 Å². The lowest BCUT2D eigenvalue weighted by molar-refractivity contribution is -0.151.